The summed E-state index contributed by atoms with van der Waals surface area (Å²) in [5.74, 6) is 0. The van der Waals surface area contributed by atoms with E-state index in [0.29, 0.717) is 0 Å². The molecule has 0 aromatic heterocycles. The van der Waals surface area contributed by atoms with Gasteiger partial charge in [0.15, 0.2) is 0 Å². The molecule has 0 aliphatic carbocycles. The SMILES string of the molecule is COCC1(C)CNCCN1Cc1ccccc1. The first-order valence-electron chi connectivity index (χ1n) is 6.23. The Labute approximate surface area is 104 Å². The largest absolute Gasteiger partial charge is 0.383 e. The van der Waals surface area contributed by atoms with Gasteiger partial charge >= 0.3 is 0 Å². The molecule has 0 saturated carbocycles. The van der Waals surface area contributed by atoms with Crippen molar-refractivity contribution in [2.75, 3.05) is 33.4 Å². The summed E-state index contributed by atoms with van der Waals surface area (Å²) in [5, 5.41) is 3.45. The summed E-state index contributed by atoms with van der Waals surface area (Å²) in [5.41, 5.74) is 1.47. The van der Waals surface area contributed by atoms with Crippen LogP contribution in [-0.2, 0) is 11.3 Å². The minimum atomic E-state index is 0.100. The van der Waals surface area contributed by atoms with Gasteiger partial charge in [0.1, 0.15) is 0 Å². The molecule has 0 radical (unpaired) electrons. The molecule has 2 rings (SSSR count). The number of rotatable bonds is 4. The normalized spacial score (nSPS) is 26.0. The van der Waals surface area contributed by atoms with Crippen LogP contribution in [0, 0.1) is 0 Å². The van der Waals surface area contributed by atoms with Crippen molar-refractivity contribution >= 4 is 0 Å². The van der Waals surface area contributed by atoms with Crippen molar-refractivity contribution in [3.8, 4) is 0 Å². The standard InChI is InChI=1S/C14H22N2O/c1-14(12-17-2)11-15-8-9-16(14)10-13-6-4-3-5-7-13/h3-7,15H,8-12H2,1-2H3. The topological polar surface area (TPSA) is 24.5 Å². The fourth-order valence-corrected chi connectivity index (χ4v) is 2.48. The van der Waals surface area contributed by atoms with Gasteiger partial charge in [0.05, 0.1) is 12.1 Å². The van der Waals surface area contributed by atoms with Gasteiger partial charge in [-0.25, -0.2) is 0 Å². The van der Waals surface area contributed by atoms with Gasteiger partial charge in [-0.2, -0.15) is 0 Å². The van der Waals surface area contributed by atoms with Gasteiger partial charge < -0.3 is 10.1 Å². The molecule has 3 heteroatoms. The minimum Gasteiger partial charge on any atom is -0.383 e. The van der Waals surface area contributed by atoms with E-state index < -0.39 is 0 Å². The zero-order chi connectivity index (χ0) is 12.1. The molecule has 1 aliphatic heterocycles. The molecular formula is C14H22N2O. The van der Waals surface area contributed by atoms with Crippen LogP contribution in [0.25, 0.3) is 0 Å². The van der Waals surface area contributed by atoms with E-state index in [4.69, 9.17) is 4.74 Å². The number of benzene rings is 1. The maximum atomic E-state index is 5.37. The average Bonchev–Trinajstić information content (AvgIpc) is 2.34. The number of hydrogen-bond acceptors (Lipinski definition) is 3. The molecule has 17 heavy (non-hydrogen) atoms. The molecule has 1 atom stereocenters. The number of piperazine rings is 1. The number of nitrogens with one attached hydrogen (secondary N) is 1. The highest BCUT2D eigenvalue weighted by Gasteiger charge is 2.34. The third-order valence-corrected chi connectivity index (χ3v) is 3.50. The van der Waals surface area contributed by atoms with Gasteiger partial charge in [0.25, 0.3) is 0 Å². The molecule has 1 N–H and O–H groups in total. The molecule has 1 aromatic carbocycles. The summed E-state index contributed by atoms with van der Waals surface area (Å²) in [7, 11) is 1.78. The summed E-state index contributed by atoms with van der Waals surface area (Å²) >= 11 is 0. The van der Waals surface area contributed by atoms with Gasteiger partial charge in [-0.05, 0) is 12.5 Å². The Hall–Kier alpha value is -0.900. The molecular weight excluding hydrogens is 212 g/mol. The fraction of sp³-hybridized carbons (Fsp3) is 0.571. The maximum Gasteiger partial charge on any atom is 0.0656 e. The van der Waals surface area contributed by atoms with Gasteiger partial charge in [0.2, 0.25) is 0 Å². The third kappa shape index (κ3) is 3.06. The number of hydrogen-bond donors (Lipinski definition) is 1. The van der Waals surface area contributed by atoms with E-state index in [-0.39, 0.29) is 5.54 Å². The Morgan fingerprint density at radius 3 is 2.82 bits per heavy atom. The van der Waals surface area contributed by atoms with Crippen LogP contribution >= 0.6 is 0 Å². The van der Waals surface area contributed by atoms with Crippen LogP contribution in [0.5, 0.6) is 0 Å². The van der Waals surface area contributed by atoms with Crippen LogP contribution in [0.2, 0.25) is 0 Å². The molecule has 0 amide bonds. The number of ether oxygens (including phenoxy) is 1. The van der Waals surface area contributed by atoms with E-state index in [1.807, 2.05) is 0 Å². The van der Waals surface area contributed by atoms with Crippen LogP contribution in [0.4, 0.5) is 0 Å². The van der Waals surface area contributed by atoms with Crippen molar-refractivity contribution in [2.45, 2.75) is 19.0 Å². The zero-order valence-electron chi connectivity index (χ0n) is 10.8. The van der Waals surface area contributed by atoms with Crippen LogP contribution in [0.15, 0.2) is 30.3 Å². The minimum absolute atomic E-state index is 0.100. The van der Waals surface area contributed by atoms with Crippen molar-refractivity contribution in [1.82, 2.24) is 10.2 Å². The van der Waals surface area contributed by atoms with Crippen LogP contribution < -0.4 is 5.32 Å². The second-order valence-electron chi connectivity index (χ2n) is 5.01. The fourth-order valence-electron chi connectivity index (χ4n) is 2.48. The molecule has 94 valence electrons. The average molecular weight is 234 g/mol. The van der Waals surface area contributed by atoms with Crippen molar-refractivity contribution in [3.63, 3.8) is 0 Å². The molecule has 1 aliphatic rings. The van der Waals surface area contributed by atoms with Crippen LogP contribution in [-0.4, -0.2) is 43.8 Å². The van der Waals surface area contributed by atoms with E-state index in [0.717, 1.165) is 32.8 Å². The predicted molar refractivity (Wildman–Crippen MR) is 70.0 cm³/mol. The van der Waals surface area contributed by atoms with E-state index in [1.165, 1.54) is 5.56 Å². The Kier molecular flexibility index (Phi) is 4.15. The lowest BCUT2D eigenvalue weighted by Gasteiger charge is -2.44. The first-order chi connectivity index (χ1) is 8.24. The third-order valence-electron chi connectivity index (χ3n) is 3.50. The second-order valence-corrected chi connectivity index (χ2v) is 5.01. The predicted octanol–water partition coefficient (Wildman–Crippen LogP) is 1.50. The Morgan fingerprint density at radius 2 is 2.12 bits per heavy atom. The van der Waals surface area contributed by atoms with Crippen LogP contribution in [0.3, 0.4) is 0 Å². The first-order valence-corrected chi connectivity index (χ1v) is 6.23. The maximum absolute atomic E-state index is 5.37. The number of methoxy groups -OCH3 is 1. The summed E-state index contributed by atoms with van der Waals surface area (Å²) in [6.45, 7) is 7.18. The van der Waals surface area contributed by atoms with E-state index >= 15 is 0 Å². The Bertz CT molecular complexity index is 337. The molecule has 1 unspecified atom stereocenters. The van der Waals surface area contributed by atoms with E-state index in [1.54, 1.807) is 7.11 Å². The smallest absolute Gasteiger partial charge is 0.0656 e. The molecule has 0 spiro atoms. The molecule has 3 nitrogen and oxygen atoms in total. The molecule has 1 fully saturated rings. The Morgan fingerprint density at radius 1 is 1.35 bits per heavy atom. The lowest BCUT2D eigenvalue weighted by atomic mass is 9.97. The molecule has 1 heterocycles. The lowest BCUT2D eigenvalue weighted by Crippen LogP contribution is -2.61. The monoisotopic (exact) mass is 234 g/mol. The van der Waals surface area contributed by atoms with Crippen molar-refractivity contribution in [1.29, 1.82) is 0 Å². The van der Waals surface area contributed by atoms with Crippen molar-refractivity contribution in [2.24, 2.45) is 0 Å². The van der Waals surface area contributed by atoms with Gasteiger partial charge in [-0.1, -0.05) is 30.3 Å². The summed E-state index contributed by atoms with van der Waals surface area (Å²) in [6.07, 6.45) is 0. The summed E-state index contributed by atoms with van der Waals surface area (Å²) < 4.78 is 5.37. The molecule has 0 bridgehead atoms. The Balaban J connectivity index is 2.06. The highest BCUT2D eigenvalue weighted by atomic mass is 16.5. The quantitative estimate of drug-likeness (QED) is 0.854. The molecule has 1 saturated heterocycles. The van der Waals surface area contributed by atoms with Crippen LogP contribution in [0.1, 0.15) is 12.5 Å². The summed E-state index contributed by atoms with van der Waals surface area (Å²) in [6, 6.07) is 10.6. The zero-order valence-corrected chi connectivity index (χ0v) is 10.8. The van der Waals surface area contributed by atoms with E-state index in [9.17, 15) is 0 Å². The highest BCUT2D eigenvalue weighted by molar-refractivity contribution is 5.15. The highest BCUT2D eigenvalue weighted by Crippen LogP contribution is 2.20. The van der Waals surface area contributed by atoms with Gasteiger partial charge in [0, 0.05) is 33.3 Å². The van der Waals surface area contributed by atoms with Gasteiger partial charge in [-0.3, -0.25) is 4.90 Å². The molecule has 1 aromatic rings. The van der Waals surface area contributed by atoms with Crippen molar-refractivity contribution in [3.05, 3.63) is 35.9 Å². The van der Waals surface area contributed by atoms with E-state index in [2.05, 4.69) is 47.5 Å². The summed E-state index contributed by atoms with van der Waals surface area (Å²) in [4.78, 5) is 2.52. The van der Waals surface area contributed by atoms with Crippen molar-refractivity contribution < 1.29 is 4.74 Å². The number of nitrogens with zero attached hydrogens (tertiary/aromatic N) is 1. The van der Waals surface area contributed by atoms with Gasteiger partial charge in [-0.15, -0.1) is 0 Å². The first kappa shape index (κ1) is 12.6. The second kappa shape index (κ2) is 5.63. The lowest BCUT2D eigenvalue weighted by molar-refractivity contribution is 0.0000661.